The summed E-state index contributed by atoms with van der Waals surface area (Å²) in [7, 11) is 0. The molecule has 1 aliphatic rings. The highest BCUT2D eigenvalue weighted by molar-refractivity contribution is 6.14. The molecule has 9 rings (SSSR count). The number of para-hydroxylation sites is 1. The molecule has 1 N–H and O–H groups in total. The maximum absolute atomic E-state index is 5.23. The van der Waals surface area contributed by atoms with Gasteiger partial charge in [-0.1, -0.05) is 166 Å². The summed E-state index contributed by atoms with van der Waals surface area (Å²) in [5, 5.41) is 7.13. The monoisotopic (exact) mass is 682 g/mol. The van der Waals surface area contributed by atoms with Gasteiger partial charge in [-0.3, -0.25) is 0 Å². The standard InChI is InChI=1S/C49H38N4/c1-32(2)37-18-13-19-38(28-37)40-29-39(33-24-26-34(27-25-33)46-44-22-10-9-20-42(44)43-21-11-12-23-45(43)50-46)30-41(31-40)49-52-47(35-14-5-3-6-15-35)51-48(53-49)36-16-7-4-8-17-36/h3-32,47H,1-2H3,(H,51,52,53). The third kappa shape index (κ3) is 6.41. The maximum Gasteiger partial charge on any atom is 0.159 e. The van der Waals surface area contributed by atoms with Crippen LogP contribution in [0.15, 0.2) is 186 Å². The van der Waals surface area contributed by atoms with Crippen molar-refractivity contribution in [3.05, 3.63) is 198 Å². The van der Waals surface area contributed by atoms with Crippen molar-refractivity contribution in [3.8, 4) is 33.5 Å². The summed E-state index contributed by atoms with van der Waals surface area (Å²) < 4.78 is 0. The Morgan fingerprint density at radius 1 is 0.472 bits per heavy atom. The van der Waals surface area contributed by atoms with Gasteiger partial charge in [-0.25, -0.2) is 15.0 Å². The Bertz CT molecular complexity index is 2660. The van der Waals surface area contributed by atoms with Gasteiger partial charge >= 0.3 is 0 Å². The van der Waals surface area contributed by atoms with E-state index in [1.807, 2.05) is 24.3 Å². The predicted octanol–water partition coefficient (Wildman–Crippen LogP) is 12.0. The zero-order valence-electron chi connectivity index (χ0n) is 29.7. The number of nitrogens with zero attached hydrogens (tertiary/aromatic N) is 3. The Balaban J connectivity index is 1.19. The van der Waals surface area contributed by atoms with Crippen LogP contribution in [-0.2, 0) is 0 Å². The Morgan fingerprint density at radius 3 is 1.83 bits per heavy atom. The summed E-state index contributed by atoms with van der Waals surface area (Å²) in [5.74, 6) is 1.92. The lowest BCUT2D eigenvalue weighted by atomic mass is 9.92. The minimum atomic E-state index is -0.279. The minimum Gasteiger partial charge on any atom is -0.344 e. The summed E-state index contributed by atoms with van der Waals surface area (Å²) in [6.07, 6.45) is -0.279. The van der Waals surface area contributed by atoms with Crippen LogP contribution in [0.3, 0.4) is 0 Å². The van der Waals surface area contributed by atoms with E-state index in [0.29, 0.717) is 11.8 Å². The molecule has 0 bridgehead atoms. The second kappa shape index (κ2) is 13.8. The van der Waals surface area contributed by atoms with Crippen LogP contribution in [0, 0.1) is 0 Å². The average molecular weight is 683 g/mol. The van der Waals surface area contributed by atoms with E-state index in [-0.39, 0.29) is 6.17 Å². The minimum absolute atomic E-state index is 0.279. The second-order valence-corrected chi connectivity index (χ2v) is 13.9. The molecule has 0 spiro atoms. The van der Waals surface area contributed by atoms with Gasteiger partial charge in [-0.05, 0) is 69.0 Å². The van der Waals surface area contributed by atoms with Crippen molar-refractivity contribution in [3.63, 3.8) is 0 Å². The maximum atomic E-state index is 5.23. The van der Waals surface area contributed by atoms with Gasteiger partial charge < -0.3 is 5.32 Å². The molecule has 4 heteroatoms. The molecule has 0 aliphatic carbocycles. The Kier molecular flexibility index (Phi) is 8.41. The van der Waals surface area contributed by atoms with Crippen molar-refractivity contribution in [2.75, 3.05) is 0 Å². The number of pyridine rings is 1. The van der Waals surface area contributed by atoms with E-state index in [1.165, 1.54) is 21.9 Å². The Morgan fingerprint density at radius 2 is 1.08 bits per heavy atom. The normalized spacial score (nSPS) is 14.2. The lowest BCUT2D eigenvalue weighted by molar-refractivity contribution is 0.674. The number of benzene rings is 7. The summed E-state index contributed by atoms with van der Waals surface area (Å²) in [4.78, 5) is 15.6. The van der Waals surface area contributed by atoms with Gasteiger partial charge in [-0.2, -0.15) is 0 Å². The highest BCUT2D eigenvalue weighted by Gasteiger charge is 2.22. The molecule has 1 unspecified atom stereocenters. The number of aromatic nitrogens is 1. The number of rotatable bonds is 7. The lowest BCUT2D eigenvalue weighted by Gasteiger charge is -2.24. The van der Waals surface area contributed by atoms with Crippen LogP contribution in [0.25, 0.3) is 55.2 Å². The largest absolute Gasteiger partial charge is 0.344 e. The van der Waals surface area contributed by atoms with Crippen LogP contribution in [0.1, 0.15) is 48.2 Å². The lowest BCUT2D eigenvalue weighted by Crippen LogP contribution is -2.33. The van der Waals surface area contributed by atoms with Crippen molar-refractivity contribution >= 4 is 33.3 Å². The number of fused-ring (bicyclic) bond motifs is 3. The van der Waals surface area contributed by atoms with Crippen LogP contribution < -0.4 is 5.32 Å². The predicted molar refractivity (Wildman–Crippen MR) is 221 cm³/mol. The smallest absolute Gasteiger partial charge is 0.159 e. The first-order chi connectivity index (χ1) is 26.1. The van der Waals surface area contributed by atoms with Gasteiger partial charge in [0.15, 0.2) is 5.84 Å². The van der Waals surface area contributed by atoms with Crippen molar-refractivity contribution < 1.29 is 0 Å². The van der Waals surface area contributed by atoms with E-state index in [2.05, 4.69) is 171 Å². The molecule has 1 aliphatic heterocycles. The molecule has 1 atom stereocenters. The number of aliphatic imine (C=N–C) groups is 2. The Labute approximate surface area is 310 Å². The molecular formula is C49H38N4. The molecule has 4 nitrogen and oxygen atoms in total. The van der Waals surface area contributed by atoms with Gasteiger partial charge in [0.25, 0.3) is 0 Å². The summed E-state index contributed by atoms with van der Waals surface area (Å²) >= 11 is 0. The molecule has 7 aromatic carbocycles. The van der Waals surface area contributed by atoms with E-state index in [4.69, 9.17) is 15.0 Å². The number of hydrogen-bond donors (Lipinski definition) is 1. The molecule has 0 saturated carbocycles. The molecule has 0 radical (unpaired) electrons. The summed E-state index contributed by atoms with van der Waals surface area (Å²) in [6.45, 7) is 4.48. The SMILES string of the molecule is CC(C)c1cccc(-c2cc(C3=NC(c4ccccc4)NC(c4ccccc4)=N3)cc(-c3ccc(-c4nc5ccccc5c5ccccc45)cc3)c2)c1. The van der Waals surface area contributed by atoms with Crippen molar-refractivity contribution in [2.45, 2.75) is 25.9 Å². The van der Waals surface area contributed by atoms with Crippen LogP contribution >= 0.6 is 0 Å². The fourth-order valence-electron chi connectivity index (χ4n) is 7.24. The van der Waals surface area contributed by atoms with Crippen LogP contribution in [-0.4, -0.2) is 16.7 Å². The third-order valence-corrected chi connectivity index (χ3v) is 10.1. The van der Waals surface area contributed by atoms with E-state index in [1.54, 1.807) is 0 Å². The molecule has 0 saturated heterocycles. The molecule has 2 heterocycles. The topological polar surface area (TPSA) is 49.6 Å². The molecule has 254 valence electrons. The van der Waals surface area contributed by atoms with Gasteiger partial charge in [-0.15, -0.1) is 0 Å². The van der Waals surface area contributed by atoms with Gasteiger partial charge in [0.2, 0.25) is 0 Å². The van der Waals surface area contributed by atoms with Crippen LogP contribution in [0.5, 0.6) is 0 Å². The molecule has 0 fully saturated rings. The van der Waals surface area contributed by atoms with Crippen LogP contribution in [0.2, 0.25) is 0 Å². The first-order valence-electron chi connectivity index (χ1n) is 18.2. The Hall–Kier alpha value is -6.65. The van der Waals surface area contributed by atoms with Crippen molar-refractivity contribution in [2.24, 2.45) is 9.98 Å². The quantitative estimate of drug-likeness (QED) is 0.170. The highest BCUT2D eigenvalue weighted by atomic mass is 15.2. The van der Waals surface area contributed by atoms with E-state index >= 15 is 0 Å². The zero-order chi connectivity index (χ0) is 35.7. The zero-order valence-corrected chi connectivity index (χ0v) is 29.7. The summed E-state index contributed by atoms with van der Waals surface area (Å²) in [5.41, 5.74) is 12.0. The fraction of sp³-hybridized carbons (Fsp3) is 0.0816. The second-order valence-electron chi connectivity index (χ2n) is 13.9. The highest BCUT2D eigenvalue weighted by Crippen LogP contribution is 2.35. The van der Waals surface area contributed by atoms with Crippen molar-refractivity contribution in [1.82, 2.24) is 10.3 Å². The van der Waals surface area contributed by atoms with E-state index < -0.39 is 0 Å². The third-order valence-electron chi connectivity index (χ3n) is 10.1. The molecule has 8 aromatic rings. The number of hydrogen-bond acceptors (Lipinski definition) is 4. The van der Waals surface area contributed by atoms with Gasteiger partial charge in [0.05, 0.1) is 11.2 Å². The first kappa shape index (κ1) is 32.3. The van der Waals surface area contributed by atoms with Gasteiger partial charge in [0, 0.05) is 27.5 Å². The summed E-state index contributed by atoms with van der Waals surface area (Å²) in [6, 6.07) is 62.1. The molecular weight excluding hydrogens is 645 g/mol. The molecule has 1 aromatic heterocycles. The van der Waals surface area contributed by atoms with Crippen LogP contribution in [0.4, 0.5) is 0 Å². The fourth-order valence-corrected chi connectivity index (χ4v) is 7.24. The van der Waals surface area contributed by atoms with Gasteiger partial charge in [0.1, 0.15) is 12.0 Å². The van der Waals surface area contributed by atoms with E-state index in [9.17, 15) is 0 Å². The number of amidine groups is 2. The van der Waals surface area contributed by atoms with Crippen molar-refractivity contribution in [1.29, 1.82) is 0 Å². The number of nitrogens with one attached hydrogen (secondary N) is 1. The molecule has 53 heavy (non-hydrogen) atoms. The first-order valence-corrected chi connectivity index (χ1v) is 18.2. The molecule has 0 amide bonds. The average Bonchev–Trinajstić information content (AvgIpc) is 3.24. The van der Waals surface area contributed by atoms with E-state index in [0.717, 1.165) is 61.4 Å².